The van der Waals surface area contributed by atoms with E-state index in [0.717, 1.165) is 191 Å². The minimum atomic E-state index is 0.944. The van der Waals surface area contributed by atoms with Gasteiger partial charge in [0.05, 0.1) is 40.0 Å². The van der Waals surface area contributed by atoms with Crippen molar-refractivity contribution in [2.75, 3.05) is 119 Å². The van der Waals surface area contributed by atoms with Crippen molar-refractivity contribution >= 4 is 0 Å². The molecule has 0 saturated carbocycles. The third kappa shape index (κ3) is 11.1. The van der Waals surface area contributed by atoms with Crippen LogP contribution in [0.3, 0.4) is 0 Å². The third-order valence-electron chi connectivity index (χ3n) is 15.9. The van der Waals surface area contributed by atoms with E-state index in [0.29, 0.717) is 0 Å². The lowest BCUT2D eigenvalue weighted by Gasteiger charge is -2.28. The molecule has 67 heavy (non-hydrogen) atoms. The maximum absolute atomic E-state index is 2.71. The molecular formula is C55H76N12. The normalized spacial score (nSPS) is 32.7. The Morgan fingerprint density at radius 1 is 0.254 bits per heavy atom. The van der Waals surface area contributed by atoms with Gasteiger partial charge in [-0.1, -0.05) is 79.7 Å². The zero-order valence-corrected chi connectivity index (χ0v) is 40.8. The summed E-state index contributed by atoms with van der Waals surface area (Å²) in [6.45, 7) is 32.6. The molecule has 0 amide bonds. The number of benzene rings is 4. The number of hydrogen-bond donors (Lipinski definition) is 0. The second-order valence-electron chi connectivity index (χ2n) is 22.2. The number of hydrogen-bond acceptors (Lipinski definition) is 12. The first kappa shape index (κ1) is 44.6. The van der Waals surface area contributed by atoms with E-state index in [2.05, 4.69) is 146 Å². The molecule has 13 rings (SSSR count). The molecule has 4 aromatic rings. The van der Waals surface area contributed by atoms with Crippen LogP contribution in [0, 0.1) is 0 Å². The van der Waals surface area contributed by atoms with Crippen molar-refractivity contribution in [3.05, 3.63) is 140 Å². The number of fused-ring (bicyclic) bond motifs is 4. The molecule has 9 heterocycles. The van der Waals surface area contributed by atoms with Crippen molar-refractivity contribution in [2.45, 2.75) is 85.5 Å². The Morgan fingerprint density at radius 3 is 0.627 bits per heavy atom. The molecule has 9 aliphatic heterocycles. The zero-order chi connectivity index (χ0) is 44.8. The lowest BCUT2D eigenvalue weighted by molar-refractivity contribution is 0.148. The molecule has 5 fully saturated rings. The van der Waals surface area contributed by atoms with E-state index in [1.165, 1.54) is 66.8 Å². The molecule has 9 aliphatic rings. The largest absolute Gasteiger partial charge is 0.289 e. The lowest BCUT2D eigenvalue weighted by Crippen LogP contribution is -2.35. The van der Waals surface area contributed by atoms with Crippen LogP contribution < -0.4 is 0 Å². The fourth-order valence-electron chi connectivity index (χ4n) is 13.1. The highest BCUT2D eigenvalue weighted by Crippen LogP contribution is 2.27. The van der Waals surface area contributed by atoms with Crippen LogP contribution in [0.5, 0.6) is 0 Å². The highest BCUT2D eigenvalue weighted by atomic mass is 15.4. The van der Waals surface area contributed by atoms with E-state index in [1.807, 2.05) is 0 Å². The minimum Gasteiger partial charge on any atom is -0.289 e. The van der Waals surface area contributed by atoms with Crippen LogP contribution in [0.25, 0.3) is 0 Å². The number of nitrogens with zero attached hydrogens (tertiary/aromatic N) is 12. The van der Waals surface area contributed by atoms with Crippen LogP contribution in [-0.4, -0.2) is 178 Å². The van der Waals surface area contributed by atoms with Gasteiger partial charge in [0.1, 0.15) is 0 Å². The van der Waals surface area contributed by atoms with Gasteiger partial charge < -0.3 is 0 Å². The summed E-state index contributed by atoms with van der Waals surface area (Å²) in [5, 5.41) is 0. The average molecular weight is 905 g/mol. The Kier molecular flexibility index (Phi) is 13.1. The van der Waals surface area contributed by atoms with Gasteiger partial charge >= 0.3 is 0 Å². The van der Waals surface area contributed by atoms with Crippen LogP contribution in [0.2, 0.25) is 0 Å². The fourth-order valence-corrected chi connectivity index (χ4v) is 13.1. The van der Waals surface area contributed by atoms with Crippen molar-refractivity contribution in [1.82, 2.24) is 58.8 Å². The first-order valence-electron chi connectivity index (χ1n) is 25.9. The second-order valence-corrected chi connectivity index (χ2v) is 22.2. The molecule has 22 bridgehead atoms. The molecule has 0 N–H and O–H groups in total. The quantitative estimate of drug-likeness (QED) is 0.261. The summed E-state index contributed by atoms with van der Waals surface area (Å²) in [4.78, 5) is 32.2. The van der Waals surface area contributed by atoms with Crippen LogP contribution in [-0.2, 0) is 78.5 Å². The Hall–Kier alpha value is -3.60. The molecule has 0 spiro atoms. The van der Waals surface area contributed by atoms with Gasteiger partial charge in [0.25, 0.3) is 0 Å². The van der Waals surface area contributed by atoms with E-state index in [4.69, 9.17) is 0 Å². The summed E-state index contributed by atoms with van der Waals surface area (Å²) in [5.41, 5.74) is 17.7. The van der Waals surface area contributed by atoms with E-state index < -0.39 is 0 Å². The van der Waals surface area contributed by atoms with E-state index in [9.17, 15) is 0 Å². The van der Waals surface area contributed by atoms with Gasteiger partial charge in [-0.25, -0.2) is 0 Å². The van der Waals surface area contributed by atoms with Crippen molar-refractivity contribution in [2.24, 2.45) is 0 Å². The summed E-state index contributed by atoms with van der Waals surface area (Å²) in [6, 6.07) is 30.6. The predicted octanol–water partition coefficient (Wildman–Crippen LogP) is 4.91. The predicted molar refractivity (Wildman–Crippen MR) is 267 cm³/mol. The standard InChI is InChI=1S/C55H76N12/c1-3-57-27-45-16-48-19-49(17-45)31-61-9-11-65(42-61)35-53-21-51-23-55(25-53)37-67-13-12-66(43-67)36-54-22-50(20-52(24-54)34-64-10-8-60(30-48)41-64)32-62-6-4-58(39-62)28-46-14-44(26-56(2)38-57)15-47(18-46)29-59-5-7-63(33-51)40-59/h14-25H,3-13,26-43H2,1-2H3. The molecular weight excluding hydrogens is 829 g/mol. The molecule has 0 radical (unpaired) electrons. The molecule has 10 unspecified atom stereocenters. The Balaban J connectivity index is 0.965. The zero-order valence-electron chi connectivity index (χ0n) is 40.8. The van der Waals surface area contributed by atoms with Crippen molar-refractivity contribution in [3.63, 3.8) is 0 Å². The summed E-state index contributed by atoms with van der Waals surface area (Å²) in [7, 11) is 2.34. The Labute approximate surface area is 401 Å². The molecule has 10 atom stereocenters. The highest BCUT2D eigenvalue weighted by Gasteiger charge is 2.28. The Morgan fingerprint density at radius 2 is 0.433 bits per heavy atom. The van der Waals surface area contributed by atoms with Gasteiger partial charge in [-0.3, -0.25) is 58.8 Å². The fraction of sp³-hybridized carbons (Fsp3) is 0.564. The highest BCUT2D eigenvalue weighted by molar-refractivity contribution is 5.35. The van der Waals surface area contributed by atoms with Crippen LogP contribution >= 0.6 is 0 Å². The van der Waals surface area contributed by atoms with Gasteiger partial charge in [0.2, 0.25) is 0 Å². The van der Waals surface area contributed by atoms with Gasteiger partial charge in [-0.2, -0.15) is 0 Å². The summed E-state index contributed by atoms with van der Waals surface area (Å²) < 4.78 is 0. The maximum atomic E-state index is 2.71. The summed E-state index contributed by atoms with van der Waals surface area (Å²) in [5.74, 6) is 0. The van der Waals surface area contributed by atoms with E-state index in [-0.39, 0.29) is 0 Å². The number of rotatable bonds is 1. The molecule has 12 heteroatoms. The van der Waals surface area contributed by atoms with Crippen LogP contribution in [0.1, 0.15) is 73.7 Å². The lowest BCUT2D eigenvalue weighted by atomic mass is 10.0. The monoisotopic (exact) mass is 905 g/mol. The van der Waals surface area contributed by atoms with Gasteiger partial charge in [-0.05, 0) is 80.4 Å². The molecule has 0 aromatic heterocycles. The SMILES string of the molecule is CCN1Cc2cc3cc(c2)CN2CCN(Cc4cc5cc(c4)CN4CCN(Cc6cc(cc(c6)CN6CCN(C3)C6)CN3CCN(Cc6cc(cc(c6)CN6CCN(C5)C6)CN(C)C1)C3)C4)C2. The summed E-state index contributed by atoms with van der Waals surface area (Å²) >= 11 is 0. The molecule has 356 valence electrons. The minimum absolute atomic E-state index is 0.944. The Bertz CT molecular complexity index is 2240. The van der Waals surface area contributed by atoms with Gasteiger partial charge in [-0.15, -0.1) is 0 Å². The summed E-state index contributed by atoms with van der Waals surface area (Å²) in [6.07, 6.45) is 0. The van der Waals surface area contributed by atoms with Crippen LogP contribution in [0.15, 0.2) is 72.8 Å². The first-order chi connectivity index (χ1) is 32.8. The second kappa shape index (κ2) is 19.7. The van der Waals surface area contributed by atoms with Crippen molar-refractivity contribution in [1.29, 1.82) is 0 Å². The average Bonchev–Trinajstić information content (AvgIpc) is 4.15. The van der Waals surface area contributed by atoms with Gasteiger partial charge in [0, 0.05) is 144 Å². The van der Waals surface area contributed by atoms with Gasteiger partial charge in [0.15, 0.2) is 0 Å². The molecule has 5 saturated heterocycles. The first-order valence-corrected chi connectivity index (χ1v) is 25.9. The molecule has 4 aromatic carbocycles. The van der Waals surface area contributed by atoms with E-state index in [1.54, 1.807) is 0 Å². The molecule has 12 nitrogen and oxygen atoms in total. The molecule has 0 aliphatic carbocycles. The topological polar surface area (TPSA) is 38.9 Å². The van der Waals surface area contributed by atoms with Crippen molar-refractivity contribution in [3.8, 4) is 0 Å². The van der Waals surface area contributed by atoms with Crippen molar-refractivity contribution < 1.29 is 0 Å². The van der Waals surface area contributed by atoms with E-state index >= 15 is 0 Å². The third-order valence-corrected chi connectivity index (χ3v) is 15.9. The smallest absolute Gasteiger partial charge is 0.0513 e. The van der Waals surface area contributed by atoms with Crippen LogP contribution in [0.4, 0.5) is 0 Å². The maximum Gasteiger partial charge on any atom is 0.0513 e.